The van der Waals surface area contributed by atoms with Crippen molar-refractivity contribution in [2.45, 2.75) is 25.6 Å². The zero-order valence-electron chi connectivity index (χ0n) is 11.8. The Hall–Kier alpha value is -1.81. The number of rotatable bonds is 5. The van der Waals surface area contributed by atoms with Crippen molar-refractivity contribution in [3.63, 3.8) is 0 Å². The van der Waals surface area contributed by atoms with Crippen molar-refractivity contribution in [1.82, 2.24) is 5.32 Å². The zero-order chi connectivity index (χ0) is 15.3. The first-order valence-electron chi connectivity index (χ1n) is 6.91. The van der Waals surface area contributed by atoms with Crippen LogP contribution in [-0.2, 0) is 0 Å². The van der Waals surface area contributed by atoms with Crippen molar-refractivity contribution in [1.29, 1.82) is 0 Å². The quantitative estimate of drug-likeness (QED) is 0.822. The Morgan fingerprint density at radius 2 is 1.48 bits per heavy atom. The lowest BCUT2D eigenvalue weighted by Crippen LogP contribution is -2.24. The Morgan fingerprint density at radius 1 is 0.905 bits per heavy atom. The van der Waals surface area contributed by atoms with E-state index < -0.39 is 12.6 Å². The SMILES string of the molecule is CC(NCCC(F)(F)F)c1ccc(-c2ccccc2)cc1. The van der Waals surface area contributed by atoms with Crippen molar-refractivity contribution in [3.05, 3.63) is 60.2 Å². The lowest BCUT2D eigenvalue weighted by Gasteiger charge is -2.15. The molecule has 0 radical (unpaired) electrons. The minimum absolute atomic E-state index is 0.0644. The topological polar surface area (TPSA) is 12.0 Å². The van der Waals surface area contributed by atoms with Crippen LogP contribution in [0.4, 0.5) is 13.2 Å². The van der Waals surface area contributed by atoms with Crippen LogP contribution in [0.2, 0.25) is 0 Å². The van der Waals surface area contributed by atoms with Gasteiger partial charge in [-0.25, -0.2) is 0 Å². The molecule has 2 rings (SSSR count). The second kappa shape index (κ2) is 6.76. The van der Waals surface area contributed by atoms with Crippen LogP contribution >= 0.6 is 0 Å². The predicted octanol–water partition coefficient (Wildman–Crippen LogP) is 4.96. The van der Waals surface area contributed by atoms with Crippen LogP contribution < -0.4 is 5.32 Å². The van der Waals surface area contributed by atoms with Gasteiger partial charge in [-0.2, -0.15) is 13.2 Å². The summed E-state index contributed by atoms with van der Waals surface area (Å²) in [5.41, 5.74) is 3.21. The molecule has 1 nitrogen and oxygen atoms in total. The summed E-state index contributed by atoms with van der Waals surface area (Å²) in [4.78, 5) is 0. The molecule has 21 heavy (non-hydrogen) atoms. The van der Waals surface area contributed by atoms with Gasteiger partial charge in [0, 0.05) is 12.6 Å². The summed E-state index contributed by atoms with van der Waals surface area (Å²) in [6.07, 6.45) is -4.91. The maximum absolute atomic E-state index is 12.1. The van der Waals surface area contributed by atoms with E-state index in [0.717, 1.165) is 16.7 Å². The van der Waals surface area contributed by atoms with Crippen molar-refractivity contribution in [2.75, 3.05) is 6.54 Å². The summed E-state index contributed by atoms with van der Waals surface area (Å²) in [5, 5.41) is 2.89. The Morgan fingerprint density at radius 3 is 2.05 bits per heavy atom. The summed E-state index contributed by atoms with van der Waals surface area (Å²) >= 11 is 0. The molecule has 0 aliphatic rings. The Kier molecular flexibility index (Phi) is 5.02. The van der Waals surface area contributed by atoms with Gasteiger partial charge >= 0.3 is 6.18 Å². The molecule has 4 heteroatoms. The lowest BCUT2D eigenvalue weighted by molar-refractivity contribution is -0.133. The fourth-order valence-corrected chi connectivity index (χ4v) is 2.14. The normalized spacial score (nSPS) is 13.1. The lowest BCUT2D eigenvalue weighted by atomic mass is 10.0. The number of nitrogens with one attached hydrogen (secondary N) is 1. The highest BCUT2D eigenvalue weighted by Gasteiger charge is 2.26. The molecule has 112 valence electrons. The third-order valence-corrected chi connectivity index (χ3v) is 3.38. The largest absolute Gasteiger partial charge is 0.390 e. The van der Waals surface area contributed by atoms with Gasteiger partial charge in [-0.05, 0) is 23.6 Å². The van der Waals surface area contributed by atoms with Gasteiger partial charge in [0.1, 0.15) is 0 Å². The van der Waals surface area contributed by atoms with Gasteiger partial charge in [-0.15, -0.1) is 0 Å². The van der Waals surface area contributed by atoms with Crippen molar-refractivity contribution in [3.8, 4) is 11.1 Å². The van der Waals surface area contributed by atoms with Crippen LogP contribution in [0.25, 0.3) is 11.1 Å². The summed E-state index contributed by atoms with van der Waals surface area (Å²) in [6.45, 7) is 1.80. The molecule has 0 bridgehead atoms. The predicted molar refractivity (Wildman–Crippen MR) is 79.0 cm³/mol. The number of hydrogen-bond donors (Lipinski definition) is 1. The first-order valence-corrected chi connectivity index (χ1v) is 6.91. The van der Waals surface area contributed by atoms with E-state index in [-0.39, 0.29) is 12.6 Å². The van der Waals surface area contributed by atoms with E-state index in [1.54, 1.807) is 0 Å². The van der Waals surface area contributed by atoms with Crippen LogP contribution in [-0.4, -0.2) is 12.7 Å². The Bertz CT molecular complexity index is 546. The molecular formula is C17H18F3N. The first-order chi connectivity index (χ1) is 9.96. The smallest absolute Gasteiger partial charge is 0.310 e. The van der Waals surface area contributed by atoms with Crippen LogP contribution in [0.5, 0.6) is 0 Å². The van der Waals surface area contributed by atoms with Crippen molar-refractivity contribution in [2.24, 2.45) is 0 Å². The first kappa shape index (κ1) is 15.6. The number of alkyl halides is 3. The Labute approximate surface area is 122 Å². The number of hydrogen-bond acceptors (Lipinski definition) is 1. The molecule has 2 aromatic rings. The molecule has 0 aliphatic carbocycles. The standard InChI is InChI=1S/C17H18F3N/c1-13(21-12-11-17(18,19)20)14-7-9-16(10-8-14)15-5-3-2-4-6-15/h2-10,13,21H,11-12H2,1H3. The monoisotopic (exact) mass is 293 g/mol. The van der Waals surface area contributed by atoms with Gasteiger partial charge in [0.25, 0.3) is 0 Å². The van der Waals surface area contributed by atoms with Gasteiger partial charge in [0.15, 0.2) is 0 Å². The highest BCUT2D eigenvalue weighted by Crippen LogP contribution is 2.22. The zero-order valence-corrected chi connectivity index (χ0v) is 11.8. The summed E-state index contributed by atoms with van der Waals surface area (Å²) in [7, 11) is 0. The maximum Gasteiger partial charge on any atom is 0.390 e. The maximum atomic E-state index is 12.1. The van der Waals surface area contributed by atoms with E-state index in [2.05, 4.69) is 5.32 Å². The van der Waals surface area contributed by atoms with E-state index in [9.17, 15) is 13.2 Å². The van der Waals surface area contributed by atoms with Gasteiger partial charge in [0.2, 0.25) is 0 Å². The molecule has 0 fully saturated rings. The molecular weight excluding hydrogens is 275 g/mol. The second-order valence-corrected chi connectivity index (χ2v) is 5.03. The molecule has 0 aliphatic heterocycles. The van der Waals surface area contributed by atoms with E-state index in [1.807, 2.05) is 61.5 Å². The third-order valence-electron chi connectivity index (χ3n) is 3.38. The molecule has 1 unspecified atom stereocenters. The summed E-state index contributed by atoms with van der Waals surface area (Å²) in [5.74, 6) is 0. The van der Waals surface area contributed by atoms with Crippen LogP contribution in [0.1, 0.15) is 24.9 Å². The average Bonchev–Trinajstić information content (AvgIpc) is 2.47. The summed E-state index contributed by atoms with van der Waals surface area (Å²) < 4.78 is 36.3. The molecule has 0 heterocycles. The third kappa shape index (κ3) is 4.90. The average molecular weight is 293 g/mol. The van der Waals surface area contributed by atoms with Crippen molar-refractivity contribution < 1.29 is 13.2 Å². The van der Waals surface area contributed by atoms with E-state index >= 15 is 0 Å². The van der Waals surface area contributed by atoms with Crippen LogP contribution in [0.3, 0.4) is 0 Å². The van der Waals surface area contributed by atoms with Gasteiger partial charge in [0.05, 0.1) is 6.42 Å². The van der Waals surface area contributed by atoms with Crippen LogP contribution in [0.15, 0.2) is 54.6 Å². The summed E-state index contributed by atoms with van der Waals surface area (Å²) in [6, 6.07) is 17.8. The minimum atomic E-state index is -4.11. The molecule has 1 N–H and O–H groups in total. The van der Waals surface area contributed by atoms with Crippen molar-refractivity contribution >= 4 is 0 Å². The molecule has 1 atom stereocenters. The molecule has 0 aromatic heterocycles. The molecule has 0 saturated heterocycles. The van der Waals surface area contributed by atoms with Gasteiger partial charge < -0.3 is 5.32 Å². The van der Waals surface area contributed by atoms with Crippen LogP contribution in [0, 0.1) is 0 Å². The van der Waals surface area contributed by atoms with E-state index in [4.69, 9.17) is 0 Å². The number of halogens is 3. The van der Waals surface area contributed by atoms with E-state index in [1.165, 1.54) is 0 Å². The van der Waals surface area contributed by atoms with E-state index in [0.29, 0.717) is 0 Å². The highest BCUT2D eigenvalue weighted by atomic mass is 19.4. The van der Waals surface area contributed by atoms with Gasteiger partial charge in [-0.1, -0.05) is 54.6 Å². The Balaban J connectivity index is 1.96. The molecule has 2 aromatic carbocycles. The number of benzene rings is 2. The molecule has 0 saturated carbocycles. The molecule has 0 spiro atoms. The highest BCUT2D eigenvalue weighted by molar-refractivity contribution is 5.63. The minimum Gasteiger partial charge on any atom is -0.310 e. The fourth-order valence-electron chi connectivity index (χ4n) is 2.14. The fraction of sp³-hybridized carbons (Fsp3) is 0.294. The second-order valence-electron chi connectivity index (χ2n) is 5.03. The van der Waals surface area contributed by atoms with Gasteiger partial charge in [-0.3, -0.25) is 0 Å². The molecule has 0 amide bonds.